The third kappa shape index (κ3) is 19.6. The van der Waals surface area contributed by atoms with Crippen LogP contribution in [0.2, 0.25) is 19.6 Å². The van der Waals surface area contributed by atoms with E-state index in [4.69, 9.17) is 5.48 Å². The molecule has 5 nitrogen and oxygen atoms in total. The molecule has 2 aliphatic carbocycles. The Bertz CT molecular complexity index is 6930. The molecule has 0 saturated heterocycles. The van der Waals surface area contributed by atoms with Gasteiger partial charge in [-0.1, -0.05) is 276 Å². The van der Waals surface area contributed by atoms with Gasteiger partial charge in [-0.15, -0.1) is 0 Å². The lowest BCUT2D eigenvalue weighted by Gasteiger charge is -2.39. The predicted octanol–water partition coefficient (Wildman–Crippen LogP) is 29.5. The Morgan fingerprint density at radius 3 is 0.992 bits per heavy atom. The molecule has 3 unspecified atom stereocenters. The molecule has 7 heteroatoms. The highest BCUT2D eigenvalue weighted by atomic mass is 28.3. The summed E-state index contributed by atoms with van der Waals surface area (Å²) in [6, 6.07) is 94.8. The topological polar surface area (TPSA) is 18.8 Å². The number of rotatable bonds is 15. The summed E-state index contributed by atoms with van der Waals surface area (Å²) in [6.45, 7) is 31.4. The highest BCUT2D eigenvalue weighted by molar-refractivity contribution is 6.88. The quantitative estimate of drug-likeness (QED) is 0.0739. The van der Waals surface area contributed by atoms with E-state index in [0.29, 0.717) is 0 Å². The first-order valence-electron chi connectivity index (χ1n) is 47.5. The summed E-state index contributed by atoms with van der Waals surface area (Å²) in [5.74, 6) is -0.422. The van der Waals surface area contributed by atoms with Gasteiger partial charge in [0.2, 0.25) is 22.8 Å². The zero-order chi connectivity index (χ0) is 92.8. The van der Waals surface area contributed by atoms with Crippen molar-refractivity contribution in [1.82, 2.24) is 0 Å². The Kier molecular flexibility index (Phi) is 25.4. The van der Waals surface area contributed by atoms with Crippen LogP contribution in [-0.2, 0) is 28.2 Å². The van der Waals surface area contributed by atoms with E-state index in [9.17, 15) is 4.39 Å². The molecule has 0 bridgehead atoms. The van der Waals surface area contributed by atoms with E-state index >= 15 is 0 Å². The Hall–Kier alpha value is -11.8. The minimum absolute atomic E-state index is 0.230. The first-order valence-corrected chi connectivity index (χ1v) is 49.0. The molecule has 12 aromatic carbocycles. The van der Waals surface area contributed by atoms with Crippen LogP contribution in [-0.4, -0.2) is 22.2 Å². The lowest BCUT2D eigenvalue weighted by atomic mass is 9.66. The van der Waals surface area contributed by atoms with Crippen molar-refractivity contribution in [2.45, 2.75) is 177 Å². The minimum atomic E-state index is -1.35. The van der Waals surface area contributed by atoms with Gasteiger partial charge in [0.1, 0.15) is 34.0 Å². The Morgan fingerprint density at radius 2 is 0.635 bits per heavy atom. The monoisotopic (exact) mass is 1680 g/mol. The molecule has 0 N–H and O–H groups in total. The molecular weight excluding hydrogens is 1550 g/mol. The van der Waals surface area contributed by atoms with Crippen LogP contribution in [0.3, 0.4) is 0 Å². The fraction of sp³-hybridized carbons (Fsp3) is 0.294. The van der Waals surface area contributed by atoms with Crippen molar-refractivity contribution < 1.29 is 28.1 Å². The molecular formula is C119H132FN5Si+4. The van der Waals surface area contributed by atoms with Gasteiger partial charge in [0.25, 0.3) is 0 Å². The molecule has 0 aliphatic heterocycles. The lowest BCUT2D eigenvalue weighted by molar-refractivity contribution is -0.660. The number of hydrogen-bond acceptors (Lipinski definition) is 1. The van der Waals surface area contributed by atoms with Crippen LogP contribution >= 0.6 is 0 Å². The van der Waals surface area contributed by atoms with Crippen molar-refractivity contribution >= 4 is 62.0 Å². The molecule has 0 amide bonds. The van der Waals surface area contributed by atoms with Gasteiger partial charge in [-0.25, -0.2) is 22.7 Å². The van der Waals surface area contributed by atoms with E-state index in [-0.39, 0.29) is 5.82 Å². The number of nitrogens with zero attached hydrogens (tertiary/aromatic N) is 5. The maximum absolute atomic E-state index is 13.6. The number of aryl methyl sites for hydroxylation is 8. The van der Waals surface area contributed by atoms with E-state index in [2.05, 4.69) is 361 Å². The fourth-order valence-electron chi connectivity index (χ4n) is 19.5. The number of benzene rings is 12. The third-order valence-electron chi connectivity index (χ3n) is 26.9. The SMILES string of the molecule is [2H]C(C)(C)c1c[n+](C)c(-c2ccccc2C)cc1-c1ccc2cc(C3CCC4CCCCC4C3)ccc2c1.[2H]C(C)(C)c1c[n+](C)c(-c2ccccc2C)cc1-c1ccc2cc(F)ccc2c1.[2H]C(C)(C)c1c[n+](C)c(-c2ccccc2C)cc1-c1ccc2cc(N(C)C)ccc2c1.[2H]C(C)(C)c1c[n+](C)c(-c2ccccc2C)cc1-c1ccc2cc([Si](C)(C)C)ccc2c1. The minimum Gasteiger partial charge on any atom is -0.378 e. The molecule has 2 aliphatic rings. The molecule has 0 spiro atoms. The van der Waals surface area contributed by atoms with Crippen molar-refractivity contribution in [1.29, 1.82) is 0 Å². The molecule has 0 radical (unpaired) electrons. The molecule has 3 atom stereocenters. The average molecular weight is 1680 g/mol. The van der Waals surface area contributed by atoms with E-state index < -0.39 is 31.6 Å². The highest BCUT2D eigenvalue weighted by Gasteiger charge is 2.34. The maximum atomic E-state index is 13.6. The van der Waals surface area contributed by atoms with Gasteiger partial charge in [-0.3, -0.25) is 0 Å². The van der Waals surface area contributed by atoms with Gasteiger partial charge >= 0.3 is 0 Å². The summed E-state index contributed by atoms with van der Waals surface area (Å²) in [6.07, 6.45) is 18.5. The predicted molar refractivity (Wildman–Crippen MR) is 539 cm³/mol. The molecule has 640 valence electrons. The van der Waals surface area contributed by atoms with Crippen LogP contribution in [0.1, 0.15) is 185 Å². The number of anilines is 1. The smallest absolute Gasteiger partial charge is 0.213 e. The summed E-state index contributed by atoms with van der Waals surface area (Å²) in [4.78, 5) is 2.12. The molecule has 16 aromatic rings. The van der Waals surface area contributed by atoms with Gasteiger partial charge in [0.05, 0.1) is 8.07 Å². The Morgan fingerprint density at radius 1 is 0.325 bits per heavy atom. The first-order chi connectivity index (χ1) is 61.6. The van der Waals surface area contributed by atoms with E-state index in [1.807, 2.05) is 86.7 Å². The second-order valence-corrected chi connectivity index (χ2v) is 43.2. The highest BCUT2D eigenvalue weighted by Crippen LogP contribution is 2.48. The number of fused-ring (bicyclic) bond motifs is 5. The zero-order valence-corrected chi connectivity index (χ0v) is 79.5. The second kappa shape index (κ2) is 38.2. The summed E-state index contributed by atoms with van der Waals surface area (Å²) in [7, 11) is 11.1. The first kappa shape index (κ1) is 83.8. The average Bonchev–Trinajstić information content (AvgIpc) is 0.773. The molecule has 126 heavy (non-hydrogen) atoms. The second-order valence-electron chi connectivity index (χ2n) is 38.2. The van der Waals surface area contributed by atoms with Crippen LogP contribution in [0.25, 0.3) is 133 Å². The molecule has 2 fully saturated rings. The standard InChI is InChI=1S/C36H42N.C29H34NSi.C28H31N2.C26H25FN/c1-24(2)35-23-37(4)36(33-12-8-5-9-25(33)3)22-34(35)32-18-17-30-20-29(15-16-31(30)21-32)28-14-13-26-10-6-7-11-27(26)19-28;1-20(2)28-19-30(4)29(26-11-9-8-10-21(26)3)18-27(28)24-13-12-23-17-25(31(5,6)7)15-14-22(23)16-24;1-19(2)27-18-30(6)28(25-10-8-7-9-20(25)3)17-26(27)23-12-11-22-16-24(29(4)5)14-13-21(22)15-23;1-17(2)25-16-28(4)26(23-8-6-5-7-18(23)3)15-24(25)21-10-9-20-14-22(27)12-11-19(20)13-21/h5,8-9,12,15-18,20-24,26-28H,6-7,10-11,13-14,19H2,1-4H3;8-20H,1-7H3;7-19H,1-6H3;5-17H,1-4H3/q4*+1/i24D;20D;19D;17D. The largest absolute Gasteiger partial charge is 0.378 e. The Balaban J connectivity index is 0.000000134. The van der Waals surface area contributed by atoms with Crippen LogP contribution in [0.4, 0.5) is 10.1 Å². The van der Waals surface area contributed by atoms with Gasteiger partial charge in [-0.05, 0) is 276 Å². The van der Waals surface area contributed by atoms with Crippen molar-refractivity contribution in [2.75, 3.05) is 19.0 Å². The van der Waals surface area contributed by atoms with Gasteiger partial charge < -0.3 is 4.90 Å². The van der Waals surface area contributed by atoms with Crippen LogP contribution in [0, 0.1) is 45.3 Å². The molecule has 4 aromatic heterocycles. The van der Waals surface area contributed by atoms with Crippen molar-refractivity contribution in [3.8, 4) is 89.5 Å². The van der Waals surface area contributed by atoms with Crippen LogP contribution < -0.4 is 28.4 Å². The van der Waals surface area contributed by atoms with Gasteiger partial charge in [0, 0.05) is 94.0 Å². The lowest BCUT2D eigenvalue weighted by Crippen LogP contribution is -2.37. The summed E-state index contributed by atoms with van der Waals surface area (Å²) < 4.78 is 57.4. The fourth-order valence-corrected chi connectivity index (χ4v) is 20.6. The molecule has 4 heterocycles. The summed E-state index contributed by atoms with van der Waals surface area (Å²) in [5, 5.41) is 11.0. The molecule has 2 saturated carbocycles. The van der Waals surface area contributed by atoms with Crippen LogP contribution in [0.15, 0.2) is 292 Å². The van der Waals surface area contributed by atoms with Crippen molar-refractivity contribution in [3.05, 3.63) is 348 Å². The number of hydrogen-bond donors (Lipinski definition) is 0. The van der Waals surface area contributed by atoms with E-state index in [1.54, 1.807) is 6.07 Å². The number of pyridine rings is 4. The third-order valence-corrected chi connectivity index (χ3v) is 28.9. The van der Waals surface area contributed by atoms with Crippen molar-refractivity contribution in [2.24, 2.45) is 40.0 Å². The number of aromatic nitrogens is 4. The maximum Gasteiger partial charge on any atom is 0.213 e. The molecule has 18 rings (SSSR count). The van der Waals surface area contributed by atoms with Gasteiger partial charge in [0.15, 0.2) is 24.8 Å². The van der Waals surface area contributed by atoms with E-state index in [1.165, 1.54) is 167 Å². The van der Waals surface area contributed by atoms with Gasteiger partial charge in [-0.2, -0.15) is 0 Å². The van der Waals surface area contributed by atoms with E-state index in [0.717, 1.165) is 95.5 Å². The zero-order valence-electron chi connectivity index (χ0n) is 82.5. The Labute approximate surface area is 758 Å². The summed E-state index contributed by atoms with van der Waals surface area (Å²) >= 11 is 0. The van der Waals surface area contributed by atoms with Crippen molar-refractivity contribution in [3.63, 3.8) is 0 Å². The van der Waals surface area contributed by atoms with Crippen LogP contribution in [0.5, 0.6) is 0 Å². The summed E-state index contributed by atoms with van der Waals surface area (Å²) in [5.41, 5.74) is 30.2. The number of halogens is 1. The normalized spacial score (nSPS) is 15.4.